The molecule has 0 aliphatic heterocycles. The minimum Gasteiger partial charge on any atom is -0.357 e. The highest BCUT2D eigenvalue weighted by atomic mass is 35.5. The van der Waals surface area contributed by atoms with Crippen molar-refractivity contribution in [2.75, 3.05) is 7.05 Å². The Kier molecular flexibility index (Phi) is 4.36. The van der Waals surface area contributed by atoms with Gasteiger partial charge in [-0.05, 0) is 24.6 Å². The number of halogens is 1. The van der Waals surface area contributed by atoms with Crippen molar-refractivity contribution in [3.05, 3.63) is 34.9 Å². The van der Waals surface area contributed by atoms with Crippen LogP contribution in [0.2, 0.25) is 5.02 Å². The van der Waals surface area contributed by atoms with Crippen molar-refractivity contribution in [1.29, 1.82) is 5.41 Å². The molecule has 0 amide bonds. The van der Waals surface area contributed by atoms with Crippen LogP contribution in [0.1, 0.15) is 32.4 Å². The first-order chi connectivity index (χ1) is 7.43. The van der Waals surface area contributed by atoms with Crippen LogP contribution in [0.15, 0.2) is 24.3 Å². The molecule has 0 bridgehead atoms. The SMILES string of the molecule is CC(C)C(=N)N(C)C(C)c1ccc(Cl)cc1. The van der Waals surface area contributed by atoms with E-state index in [2.05, 4.69) is 6.92 Å². The maximum Gasteiger partial charge on any atom is 0.0986 e. The first-order valence-corrected chi connectivity index (χ1v) is 5.88. The van der Waals surface area contributed by atoms with E-state index in [1.807, 2.05) is 50.1 Å². The molecule has 88 valence electrons. The zero-order valence-corrected chi connectivity index (χ0v) is 11.0. The van der Waals surface area contributed by atoms with Gasteiger partial charge in [-0.15, -0.1) is 0 Å². The van der Waals surface area contributed by atoms with Gasteiger partial charge in [0.25, 0.3) is 0 Å². The number of nitrogens with zero attached hydrogens (tertiary/aromatic N) is 1. The second-order valence-electron chi connectivity index (χ2n) is 4.38. The predicted molar refractivity (Wildman–Crippen MR) is 70.2 cm³/mol. The zero-order chi connectivity index (χ0) is 12.3. The van der Waals surface area contributed by atoms with Gasteiger partial charge in [0.2, 0.25) is 0 Å². The van der Waals surface area contributed by atoms with Crippen molar-refractivity contribution >= 4 is 17.4 Å². The van der Waals surface area contributed by atoms with E-state index in [0.29, 0.717) is 5.84 Å². The van der Waals surface area contributed by atoms with E-state index in [1.54, 1.807) is 0 Å². The highest BCUT2D eigenvalue weighted by Crippen LogP contribution is 2.22. The molecule has 0 aliphatic rings. The molecule has 1 N–H and O–H groups in total. The summed E-state index contributed by atoms with van der Waals surface area (Å²) in [7, 11) is 1.96. The summed E-state index contributed by atoms with van der Waals surface area (Å²) in [4.78, 5) is 1.99. The Morgan fingerprint density at radius 2 is 1.69 bits per heavy atom. The fourth-order valence-electron chi connectivity index (χ4n) is 1.58. The van der Waals surface area contributed by atoms with Crippen molar-refractivity contribution in [2.24, 2.45) is 5.92 Å². The fourth-order valence-corrected chi connectivity index (χ4v) is 1.71. The van der Waals surface area contributed by atoms with Crippen LogP contribution in [0.3, 0.4) is 0 Å². The molecule has 1 rings (SSSR count). The van der Waals surface area contributed by atoms with Crippen LogP contribution in [-0.2, 0) is 0 Å². The number of hydrogen-bond donors (Lipinski definition) is 1. The number of hydrogen-bond acceptors (Lipinski definition) is 1. The van der Waals surface area contributed by atoms with Crippen molar-refractivity contribution in [1.82, 2.24) is 4.90 Å². The number of rotatable bonds is 3. The van der Waals surface area contributed by atoms with Gasteiger partial charge in [-0.3, -0.25) is 5.41 Å². The average molecular weight is 239 g/mol. The Morgan fingerprint density at radius 3 is 2.12 bits per heavy atom. The van der Waals surface area contributed by atoms with Crippen LogP contribution in [0.4, 0.5) is 0 Å². The first-order valence-electron chi connectivity index (χ1n) is 5.50. The third kappa shape index (κ3) is 2.99. The Labute approximate surface area is 103 Å². The van der Waals surface area contributed by atoms with E-state index < -0.39 is 0 Å². The van der Waals surface area contributed by atoms with E-state index in [4.69, 9.17) is 17.0 Å². The summed E-state index contributed by atoms with van der Waals surface area (Å²) in [6.07, 6.45) is 0. The van der Waals surface area contributed by atoms with E-state index in [-0.39, 0.29) is 12.0 Å². The van der Waals surface area contributed by atoms with Gasteiger partial charge in [0.05, 0.1) is 11.9 Å². The van der Waals surface area contributed by atoms with Crippen LogP contribution < -0.4 is 0 Å². The van der Waals surface area contributed by atoms with Crippen molar-refractivity contribution in [3.63, 3.8) is 0 Å². The quantitative estimate of drug-likeness (QED) is 0.626. The lowest BCUT2D eigenvalue weighted by Gasteiger charge is -2.29. The molecule has 1 aromatic rings. The molecule has 0 saturated heterocycles. The maximum absolute atomic E-state index is 7.97. The van der Waals surface area contributed by atoms with Gasteiger partial charge in [-0.2, -0.15) is 0 Å². The number of benzene rings is 1. The molecular weight excluding hydrogens is 220 g/mol. The molecule has 3 heteroatoms. The molecule has 0 spiro atoms. The maximum atomic E-state index is 7.97. The molecule has 0 radical (unpaired) electrons. The van der Waals surface area contributed by atoms with Crippen LogP contribution in [0, 0.1) is 11.3 Å². The van der Waals surface area contributed by atoms with Crippen LogP contribution in [-0.4, -0.2) is 17.8 Å². The second-order valence-corrected chi connectivity index (χ2v) is 4.81. The Morgan fingerprint density at radius 1 is 1.19 bits per heavy atom. The van der Waals surface area contributed by atoms with Crippen molar-refractivity contribution in [3.8, 4) is 0 Å². The molecule has 0 fully saturated rings. The highest BCUT2D eigenvalue weighted by Gasteiger charge is 2.16. The molecule has 2 nitrogen and oxygen atoms in total. The molecular formula is C13H19ClN2. The molecule has 0 aromatic heterocycles. The Bertz CT molecular complexity index is 357. The van der Waals surface area contributed by atoms with E-state index in [1.165, 1.54) is 5.56 Å². The fraction of sp³-hybridized carbons (Fsp3) is 0.462. The third-order valence-electron chi connectivity index (χ3n) is 2.86. The van der Waals surface area contributed by atoms with Gasteiger partial charge < -0.3 is 4.90 Å². The standard InChI is InChI=1S/C13H19ClN2/c1-9(2)13(15)16(4)10(3)11-5-7-12(14)8-6-11/h5-10,15H,1-4H3. The minimum absolute atomic E-state index is 0.201. The summed E-state index contributed by atoms with van der Waals surface area (Å²) >= 11 is 5.85. The second kappa shape index (κ2) is 5.35. The number of nitrogens with one attached hydrogen (secondary N) is 1. The summed E-state index contributed by atoms with van der Waals surface area (Å²) in [5, 5.41) is 8.72. The Balaban J connectivity index is 2.81. The average Bonchev–Trinajstić information content (AvgIpc) is 2.27. The summed E-state index contributed by atoms with van der Waals surface area (Å²) in [5.41, 5.74) is 1.18. The van der Waals surface area contributed by atoms with Crippen molar-refractivity contribution in [2.45, 2.75) is 26.8 Å². The summed E-state index contributed by atoms with van der Waals surface area (Å²) < 4.78 is 0. The molecule has 1 aromatic carbocycles. The lowest BCUT2D eigenvalue weighted by Crippen LogP contribution is -2.32. The normalized spacial score (nSPS) is 12.6. The minimum atomic E-state index is 0.201. The largest absolute Gasteiger partial charge is 0.357 e. The van der Waals surface area contributed by atoms with Crippen LogP contribution in [0.25, 0.3) is 0 Å². The van der Waals surface area contributed by atoms with Gasteiger partial charge in [-0.1, -0.05) is 37.6 Å². The third-order valence-corrected chi connectivity index (χ3v) is 3.11. The van der Waals surface area contributed by atoms with Gasteiger partial charge in [0, 0.05) is 18.0 Å². The van der Waals surface area contributed by atoms with Gasteiger partial charge in [-0.25, -0.2) is 0 Å². The predicted octanol–water partition coefficient (Wildman–Crippen LogP) is 3.97. The van der Waals surface area contributed by atoms with E-state index in [0.717, 1.165) is 5.02 Å². The molecule has 0 aliphatic carbocycles. The van der Waals surface area contributed by atoms with Crippen molar-refractivity contribution < 1.29 is 0 Å². The van der Waals surface area contributed by atoms with E-state index in [9.17, 15) is 0 Å². The first kappa shape index (κ1) is 13.0. The molecule has 0 heterocycles. The van der Waals surface area contributed by atoms with Gasteiger partial charge in [0.1, 0.15) is 0 Å². The molecule has 16 heavy (non-hydrogen) atoms. The number of amidine groups is 1. The highest BCUT2D eigenvalue weighted by molar-refractivity contribution is 6.30. The summed E-state index contributed by atoms with van der Waals surface area (Å²) in [6, 6.07) is 8.00. The summed E-state index contributed by atoms with van der Waals surface area (Å²) in [5.74, 6) is 0.905. The zero-order valence-electron chi connectivity index (χ0n) is 10.3. The monoisotopic (exact) mass is 238 g/mol. The van der Waals surface area contributed by atoms with E-state index >= 15 is 0 Å². The molecule has 1 atom stereocenters. The summed E-state index contributed by atoms with van der Waals surface area (Å²) in [6.45, 7) is 6.17. The molecule has 0 saturated carbocycles. The smallest absolute Gasteiger partial charge is 0.0986 e. The van der Waals surface area contributed by atoms with Crippen LogP contribution >= 0.6 is 11.6 Å². The molecule has 1 unspecified atom stereocenters. The topological polar surface area (TPSA) is 27.1 Å². The van der Waals surface area contributed by atoms with Gasteiger partial charge in [0.15, 0.2) is 0 Å². The Hall–Kier alpha value is -1.02. The lowest BCUT2D eigenvalue weighted by molar-refractivity contribution is 0.381. The van der Waals surface area contributed by atoms with Gasteiger partial charge >= 0.3 is 0 Å². The lowest BCUT2D eigenvalue weighted by atomic mass is 10.1. The van der Waals surface area contributed by atoms with Crippen LogP contribution in [0.5, 0.6) is 0 Å².